The molecule has 3 heteroatoms. The molecule has 0 saturated heterocycles. The van der Waals surface area contributed by atoms with Crippen LogP contribution in [-0.2, 0) is 0 Å². The van der Waals surface area contributed by atoms with E-state index in [0.29, 0.717) is 0 Å². The van der Waals surface area contributed by atoms with Crippen LogP contribution in [0.15, 0.2) is 164 Å². The largest absolute Gasteiger partial charge is 0.309 e. The van der Waals surface area contributed by atoms with Gasteiger partial charge in [-0.2, -0.15) is 0 Å². The minimum Gasteiger partial charge on any atom is -0.309 e. The predicted molar refractivity (Wildman–Crippen MR) is 184 cm³/mol. The minimum absolute atomic E-state index is 0.972. The zero-order valence-corrected chi connectivity index (χ0v) is 23.9. The Labute approximate surface area is 254 Å². The fraction of sp³-hybridized carbons (Fsp3) is 0. The van der Waals surface area contributed by atoms with E-state index in [1.54, 1.807) is 0 Å². The van der Waals surface area contributed by atoms with Crippen molar-refractivity contribution in [2.45, 2.75) is 0 Å². The van der Waals surface area contributed by atoms with Gasteiger partial charge in [0, 0.05) is 33.1 Å². The molecule has 9 rings (SSSR count). The quantitative estimate of drug-likeness (QED) is 0.210. The van der Waals surface area contributed by atoms with E-state index in [4.69, 9.17) is 4.98 Å². The Hall–Kier alpha value is -5.93. The molecule has 0 aliphatic heterocycles. The van der Waals surface area contributed by atoms with E-state index in [2.05, 4.69) is 167 Å². The molecule has 0 N–H and O–H groups in total. The summed E-state index contributed by atoms with van der Waals surface area (Å²) in [6.45, 7) is 0. The number of benzene rings is 6. The summed E-state index contributed by atoms with van der Waals surface area (Å²) in [6, 6.07) is 58.3. The molecule has 44 heavy (non-hydrogen) atoms. The standard InChI is InChI=1S/C41H27N3/c1-4-12-28(13-5-1)30-20-22-34-33-18-10-11-19-37(33)44(40(34)26-30)32-21-24-38-35(27-32)41-39(43(38)31-16-8-3-9-17-31)25-23-36(42-41)29-14-6-2-7-15-29/h1-27H. The molecule has 0 amide bonds. The monoisotopic (exact) mass is 561 g/mol. The summed E-state index contributed by atoms with van der Waals surface area (Å²) in [4.78, 5) is 5.29. The van der Waals surface area contributed by atoms with Crippen molar-refractivity contribution in [3.63, 3.8) is 0 Å². The van der Waals surface area contributed by atoms with Crippen molar-refractivity contribution in [3.05, 3.63) is 164 Å². The molecule has 0 atom stereocenters. The smallest absolute Gasteiger partial charge is 0.0971 e. The molecule has 0 spiro atoms. The molecular formula is C41H27N3. The van der Waals surface area contributed by atoms with E-state index in [-0.39, 0.29) is 0 Å². The van der Waals surface area contributed by atoms with Gasteiger partial charge in [0.2, 0.25) is 0 Å². The van der Waals surface area contributed by atoms with Crippen molar-refractivity contribution in [1.82, 2.24) is 14.1 Å². The third-order valence-electron chi connectivity index (χ3n) is 8.71. The van der Waals surface area contributed by atoms with Gasteiger partial charge in [0.25, 0.3) is 0 Å². The Morgan fingerprint density at radius 3 is 1.75 bits per heavy atom. The molecule has 3 heterocycles. The summed E-state index contributed by atoms with van der Waals surface area (Å²) in [7, 11) is 0. The van der Waals surface area contributed by atoms with Gasteiger partial charge >= 0.3 is 0 Å². The van der Waals surface area contributed by atoms with Gasteiger partial charge in [-0.05, 0) is 65.7 Å². The molecule has 6 aromatic carbocycles. The highest BCUT2D eigenvalue weighted by atomic mass is 15.0. The van der Waals surface area contributed by atoms with Gasteiger partial charge in [-0.3, -0.25) is 0 Å². The number of para-hydroxylation sites is 2. The second-order valence-corrected chi connectivity index (χ2v) is 11.3. The van der Waals surface area contributed by atoms with Crippen molar-refractivity contribution < 1.29 is 0 Å². The van der Waals surface area contributed by atoms with Gasteiger partial charge in [0.1, 0.15) is 0 Å². The Balaban J connectivity index is 1.35. The maximum absolute atomic E-state index is 5.29. The van der Waals surface area contributed by atoms with Gasteiger partial charge in [-0.1, -0.05) is 109 Å². The SMILES string of the molecule is c1ccc(-c2ccc3c4ccccc4n(-c4ccc5c(c4)c4nc(-c6ccccc6)ccc4n5-c4ccccc4)c3c2)cc1. The third-order valence-corrected chi connectivity index (χ3v) is 8.71. The van der Waals surface area contributed by atoms with Crippen LogP contribution >= 0.6 is 0 Å². The average Bonchev–Trinajstić information content (AvgIpc) is 3.61. The van der Waals surface area contributed by atoms with Gasteiger partial charge in [0.15, 0.2) is 0 Å². The van der Waals surface area contributed by atoms with Crippen molar-refractivity contribution in [2.75, 3.05) is 0 Å². The van der Waals surface area contributed by atoms with Gasteiger partial charge in [0.05, 0.1) is 33.3 Å². The van der Waals surface area contributed by atoms with E-state index in [9.17, 15) is 0 Å². The lowest BCUT2D eigenvalue weighted by Gasteiger charge is -2.11. The van der Waals surface area contributed by atoms with Crippen LogP contribution in [0.5, 0.6) is 0 Å². The molecule has 0 radical (unpaired) electrons. The van der Waals surface area contributed by atoms with Crippen molar-refractivity contribution in [2.24, 2.45) is 0 Å². The third kappa shape index (κ3) is 3.80. The lowest BCUT2D eigenvalue weighted by molar-refractivity contribution is 1.16. The van der Waals surface area contributed by atoms with E-state index in [1.165, 1.54) is 32.9 Å². The lowest BCUT2D eigenvalue weighted by atomic mass is 10.0. The zero-order valence-electron chi connectivity index (χ0n) is 23.9. The van der Waals surface area contributed by atoms with Crippen LogP contribution in [0.1, 0.15) is 0 Å². The summed E-state index contributed by atoms with van der Waals surface area (Å²) in [6.07, 6.45) is 0. The average molecular weight is 562 g/mol. The fourth-order valence-electron chi connectivity index (χ4n) is 6.69. The number of pyridine rings is 1. The number of fused-ring (bicyclic) bond motifs is 6. The van der Waals surface area contributed by atoms with E-state index >= 15 is 0 Å². The molecule has 206 valence electrons. The first kappa shape index (κ1) is 24.6. The summed E-state index contributed by atoms with van der Waals surface area (Å²) < 4.78 is 4.74. The highest BCUT2D eigenvalue weighted by molar-refractivity contribution is 6.12. The normalized spacial score (nSPS) is 11.6. The molecule has 0 unspecified atom stereocenters. The molecule has 9 aromatic rings. The van der Waals surface area contributed by atoms with Crippen molar-refractivity contribution >= 4 is 43.7 Å². The Morgan fingerprint density at radius 2 is 0.955 bits per heavy atom. The Kier molecular flexibility index (Phi) is 5.50. The molecule has 0 bridgehead atoms. The first-order valence-corrected chi connectivity index (χ1v) is 15.0. The second-order valence-electron chi connectivity index (χ2n) is 11.3. The van der Waals surface area contributed by atoms with Crippen molar-refractivity contribution in [3.8, 4) is 33.8 Å². The lowest BCUT2D eigenvalue weighted by Crippen LogP contribution is -1.95. The maximum Gasteiger partial charge on any atom is 0.0971 e. The van der Waals surface area contributed by atoms with Crippen LogP contribution in [0, 0.1) is 0 Å². The van der Waals surface area contributed by atoms with Crippen LogP contribution in [0.3, 0.4) is 0 Å². The summed E-state index contributed by atoms with van der Waals surface area (Å²) >= 11 is 0. The van der Waals surface area contributed by atoms with Gasteiger partial charge in [-0.25, -0.2) is 4.98 Å². The van der Waals surface area contributed by atoms with Crippen LogP contribution in [0.4, 0.5) is 0 Å². The number of hydrogen-bond acceptors (Lipinski definition) is 1. The second kappa shape index (κ2) is 9.82. The molecule has 0 fully saturated rings. The van der Waals surface area contributed by atoms with Crippen LogP contribution in [0.25, 0.3) is 77.5 Å². The molecule has 0 saturated carbocycles. The van der Waals surface area contributed by atoms with Crippen LogP contribution < -0.4 is 0 Å². The van der Waals surface area contributed by atoms with E-state index in [0.717, 1.165) is 44.6 Å². The van der Waals surface area contributed by atoms with Gasteiger partial charge in [-0.15, -0.1) is 0 Å². The molecule has 3 aromatic heterocycles. The molecule has 3 nitrogen and oxygen atoms in total. The first-order valence-electron chi connectivity index (χ1n) is 15.0. The van der Waals surface area contributed by atoms with Crippen LogP contribution in [-0.4, -0.2) is 14.1 Å². The fourth-order valence-corrected chi connectivity index (χ4v) is 6.69. The highest BCUT2D eigenvalue weighted by Gasteiger charge is 2.18. The number of nitrogens with zero attached hydrogens (tertiary/aromatic N) is 3. The summed E-state index contributed by atoms with van der Waals surface area (Å²) in [5.74, 6) is 0. The summed E-state index contributed by atoms with van der Waals surface area (Å²) in [5.41, 5.74) is 12.4. The number of hydrogen-bond donors (Lipinski definition) is 0. The topological polar surface area (TPSA) is 22.8 Å². The first-order chi connectivity index (χ1) is 21.8. The number of aromatic nitrogens is 3. The Bertz CT molecular complexity index is 2470. The molecule has 0 aliphatic carbocycles. The maximum atomic E-state index is 5.29. The number of rotatable bonds is 4. The minimum atomic E-state index is 0.972. The highest BCUT2D eigenvalue weighted by Crippen LogP contribution is 2.38. The van der Waals surface area contributed by atoms with E-state index < -0.39 is 0 Å². The zero-order chi connectivity index (χ0) is 29.0. The molecular weight excluding hydrogens is 534 g/mol. The van der Waals surface area contributed by atoms with Crippen molar-refractivity contribution in [1.29, 1.82) is 0 Å². The van der Waals surface area contributed by atoms with Gasteiger partial charge < -0.3 is 9.13 Å². The molecule has 0 aliphatic rings. The predicted octanol–water partition coefficient (Wildman–Crippen LogP) is 10.6. The van der Waals surface area contributed by atoms with E-state index in [1.807, 2.05) is 6.07 Å². The Morgan fingerprint density at radius 1 is 0.341 bits per heavy atom. The summed E-state index contributed by atoms with van der Waals surface area (Å²) in [5, 5.41) is 3.62. The van der Waals surface area contributed by atoms with Crippen LogP contribution in [0.2, 0.25) is 0 Å².